The average Bonchev–Trinajstić information content (AvgIpc) is 2.73. The number of amides is 1. The number of halogens is 2. The summed E-state index contributed by atoms with van der Waals surface area (Å²) >= 11 is 0. The van der Waals surface area contributed by atoms with Crippen molar-refractivity contribution in [2.45, 2.75) is 19.3 Å². The number of nitro groups is 1. The van der Waals surface area contributed by atoms with E-state index in [1.807, 2.05) is 6.92 Å². The molecule has 1 aliphatic heterocycles. The molecule has 1 atom stereocenters. The van der Waals surface area contributed by atoms with Crippen LogP contribution in [0.1, 0.15) is 24.4 Å². The molecule has 1 aliphatic rings. The third-order valence-corrected chi connectivity index (χ3v) is 5.64. The minimum absolute atomic E-state index is 0.00398. The zero-order valence-electron chi connectivity index (χ0n) is 17.1. The van der Waals surface area contributed by atoms with Crippen molar-refractivity contribution in [3.05, 3.63) is 82.1 Å². The molecule has 1 saturated heterocycles. The quantitative estimate of drug-likeness (QED) is 0.430. The summed E-state index contributed by atoms with van der Waals surface area (Å²) in [6.07, 6.45) is 3.04. The molecule has 32 heavy (non-hydrogen) atoms. The Labute approximate surface area is 182 Å². The van der Waals surface area contributed by atoms with Crippen LogP contribution in [0.15, 0.2) is 48.8 Å². The number of aromatic nitrogens is 3. The predicted octanol–water partition coefficient (Wildman–Crippen LogP) is 3.53. The van der Waals surface area contributed by atoms with Crippen molar-refractivity contribution in [3.8, 4) is 11.3 Å². The van der Waals surface area contributed by atoms with Gasteiger partial charge in [-0.1, -0.05) is 6.92 Å². The molecule has 3 heterocycles. The Morgan fingerprint density at radius 1 is 1.22 bits per heavy atom. The highest BCUT2D eigenvalue weighted by Crippen LogP contribution is 2.31. The van der Waals surface area contributed by atoms with Gasteiger partial charge in [0.15, 0.2) is 0 Å². The molecular formula is C22H19F2N5O3. The molecule has 1 unspecified atom stereocenters. The lowest BCUT2D eigenvalue weighted by atomic mass is 9.86. The van der Waals surface area contributed by atoms with Gasteiger partial charge >= 0.3 is 0 Å². The largest absolute Gasteiger partial charge is 0.342 e. The molecule has 1 fully saturated rings. The van der Waals surface area contributed by atoms with Gasteiger partial charge in [-0.3, -0.25) is 14.9 Å². The molecule has 3 aromatic rings. The molecule has 0 saturated carbocycles. The molecule has 0 bridgehead atoms. The summed E-state index contributed by atoms with van der Waals surface area (Å²) in [7, 11) is 0. The van der Waals surface area contributed by atoms with E-state index in [1.54, 1.807) is 23.4 Å². The Morgan fingerprint density at radius 2 is 1.94 bits per heavy atom. The smallest absolute Gasteiger partial charge is 0.291 e. The third kappa shape index (κ3) is 4.29. The highest BCUT2D eigenvalue weighted by molar-refractivity contribution is 5.80. The molecule has 0 radical (unpaired) electrons. The first-order chi connectivity index (χ1) is 15.3. The molecule has 0 aliphatic carbocycles. The van der Waals surface area contributed by atoms with E-state index in [-0.39, 0.29) is 46.8 Å². The van der Waals surface area contributed by atoms with Crippen molar-refractivity contribution in [2.75, 3.05) is 13.1 Å². The molecule has 0 spiro atoms. The number of likely N-dealkylation sites (tertiary alicyclic amines) is 1. The zero-order chi connectivity index (χ0) is 22.8. The lowest BCUT2D eigenvalue weighted by molar-refractivity contribution is -0.385. The lowest BCUT2D eigenvalue weighted by Gasteiger charge is -2.42. The van der Waals surface area contributed by atoms with Crippen molar-refractivity contribution in [1.82, 2.24) is 19.9 Å². The average molecular weight is 439 g/mol. The van der Waals surface area contributed by atoms with Crippen molar-refractivity contribution >= 4 is 11.6 Å². The maximum Gasteiger partial charge on any atom is 0.291 e. The number of nitrogens with zero attached hydrogens (tertiary/aromatic N) is 5. The van der Waals surface area contributed by atoms with Crippen LogP contribution in [0.2, 0.25) is 0 Å². The van der Waals surface area contributed by atoms with Gasteiger partial charge in [-0.05, 0) is 24.3 Å². The maximum absolute atomic E-state index is 14.1. The van der Waals surface area contributed by atoms with E-state index in [0.717, 1.165) is 6.07 Å². The van der Waals surface area contributed by atoms with Crippen LogP contribution >= 0.6 is 0 Å². The molecule has 8 nitrogen and oxygen atoms in total. The Hall–Kier alpha value is -3.82. The van der Waals surface area contributed by atoms with Crippen LogP contribution in [-0.4, -0.2) is 43.8 Å². The van der Waals surface area contributed by atoms with Crippen LogP contribution in [0.3, 0.4) is 0 Å². The molecule has 164 valence electrons. The first-order valence-electron chi connectivity index (χ1n) is 9.98. The topological polar surface area (TPSA) is 102 Å². The molecule has 10 heteroatoms. The van der Waals surface area contributed by atoms with Gasteiger partial charge in [-0.2, -0.15) is 0 Å². The third-order valence-electron chi connectivity index (χ3n) is 5.64. The van der Waals surface area contributed by atoms with Crippen molar-refractivity contribution in [1.29, 1.82) is 0 Å². The normalized spacial score (nSPS) is 14.7. The monoisotopic (exact) mass is 439 g/mol. The molecular weight excluding hydrogens is 420 g/mol. The molecule has 4 rings (SSSR count). The Morgan fingerprint density at radius 3 is 2.59 bits per heavy atom. The highest BCUT2D eigenvalue weighted by atomic mass is 19.1. The number of pyridine rings is 1. The lowest BCUT2D eigenvalue weighted by Crippen LogP contribution is -2.52. The summed E-state index contributed by atoms with van der Waals surface area (Å²) < 4.78 is 27.3. The van der Waals surface area contributed by atoms with Crippen LogP contribution in [0.4, 0.5) is 14.5 Å². The molecule has 1 aromatic carbocycles. The fraction of sp³-hybridized carbons (Fsp3) is 0.273. The van der Waals surface area contributed by atoms with Crippen LogP contribution in [0.5, 0.6) is 0 Å². The Balaban J connectivity index is 1.49. The van der Waals surface area contributed by atoms with Crippen molar-refractivity contribution in [2.24, 2.45) is 5.92 Å². The van der Waals surface area contributed by atoms with Gasteiger partial charge in [-0.15, -0.1) is 0 Å². The fourth-order valence-electron chi connectivity index (χ4n) is 3.68. The highest BCUT2D eigenvalue weighted by Gasteiger charge is 2.36. The van der Waals surface area contributed by atoms with Gasteiger partial charge in [0.25, 0.3) is 5.69 Å². The SMILES string of the molecule is CC(c1ncccn1)C1CN(C(=O)Cc2nc(-c3ccc(F)cc3F)ccc2[N+](=O)[O-])C1. The van der Waals surface area contributed by atoms with E-state index in [0.29, 0.717) is 25.0 Å². The predicted molar refractivity (Wildman–Crippen MR) is 110 cm³/mol. The maximum atomic E-state index is 14.1. The van der Waals surface area contributed by atoms with E-state index >= 15 is 0 Å². The van der Waals surface area contributed by atoms with E-state index in [4.69, 9.17) is 0 Å². The number of benzene rings is 1. The first kappa shape index (κ1) is 21.4. The van der Waals surface area contributed by atoms with Gasteiger partial charge in [-0.25, -0.2) is 23.7 Å². The summed E-state index contributed by atoms with van der Waals surface area (Å²) in [6.45, 7) is 2.96. The van der Waals surface area contributed by atoms with E-state index < -0.39 is 16.6 Å². The minimum atomic E-state index is -0.841. The standard InChI is InChI=1S/C22H19F2N5O3/c1-13(22-25-7-2-8-26-22)14-11-28(12-14)21(30)10-19-20(29(31)32)6-5-18(27-19)16-4-3-15(23)9-17(16)24/h2-9,13-14H,10-12H2,1H3. The van der Waals surface area contributed by atoms with Crippen LogP contribution in [0, 0.1) is 27.7 Å². The molecule has 1 amide bonds. The Bertz CT molecular complexity index is 1170. The van der Waals surface area contributed by atoms with Gasteiger partial charge in [0.05, 0.1) is 17.0 Å². The van der Waals surface area contributed by atoms with Crippen molar-refractivity contribution < 1.29 is 18.5 Å². The second-order valence-corrected chi connectivity index (χ2v) is 7.67. The van der Waals surface area contributed by atoms with E-state index in [9.17, 15) is 23.7 Å². The summed E-state index contributed by atoms with van der Waals surface area (Å²) in [5.41, 5.74) is -0.306. The van der Waals surface area contributed by atoms with Crippen LogP contribution < -0.4 is 0 Å². The Kier molecular flexibility index (Phi) is 5.85. The second kappa shape index (κ2) is 8.74. The molecule has 0 N–H and O–H groups in total. The van der Waals surface area contributed by atoms with Gasteiger partial charge in [0.2, 0.25) is 5.91 Å². The number of hydrogen-bond donors (Lipinski definition) is 0. The minimum Gasteiger partial charge on any atom is -0.342 e. The van der Waals surface area contributed by atoms with Crippen LogP contribution in [-0.2, 0) is 11.2 Å². The number of carbonyl (C=O) groups excluding carboxylic acids is 1. The summed E-state index contributed by atoms with van der Waals surface area (Å²) in [5.74, 6) is -0.940. The van der Waals surface area contributed by atoms with Crippen molar-refractivity contribution in [3.63, 3.8) is 0 Å². The van der Waals surface area contributed by atoms with Gasteiger partial charge in [0, 0.05) is 55.0 Å². The second-order valence-electron chi connectivity index (χ2n) is 7.67. The first-order valence-corrected chi connectivity index (χ1v) is 9.98. The van der Waals surface area contributed by atoms with Crippen LogP contribution in [0.25, 0.3) is 11.3 Å². The van der Waals surface area contributed by atoms with Gasteiger partial charge < -0.3 is 4.90 Å². The summed E-state index contributed by atoms with van der Waals surface area (Å²) in [5, 5.41) is 11.4. The summed E-state index contributed by atoms with van der Waals surface area (Å²) in [4.78, 5) is 37.8. The van der Waals surface area contributed by atoms with E-state index in [1.165, 1.54) is 18.2 Å². The summed E-state index contributed by atoms with van der Waals surface area (Å²) in [6, 6.07) is 7.19. The van der Waals surface area contributed by atoms with Gasteiger partial charge in [0.1, 0.15) is 23.2 Å². The number of hydrogen-bond acceptors (Lipinski definition) is 6. The number of rotatable bonds is 6. The fourth-order valence-corrected chi connectivity index (χ4v) is 3.68. The van der Waals surface area contributed by atoms with E-state index in [2.05, 4.69) is 15.0 Å². The zero-order valence-corrected chi connectivity index (χ0v) is 17.1. The molecule has 2 aromatic heterocycles. The number of carbonyl (C=O) groups is 1.